The van der Waals surface area contributed by atoms with Gasteiger partial charge in [-0.2, -0.15) is 0 Å². The van der Waals surface area contributed by atoms with Crippen LogP contribution in [-0.4, -0.2) is 21.4 Å². The third-order valence-corrected chi connectivity index (χ3v) is 8.21. The molecule has 0 heterocycles. The lowest BCUT2D eigenvalue weighted by Crippen LogP contribution is -2.58. The molecule has 3 aliphatic rings. The van der Waals surface area contributed by atoms with Crippen LogP contribution in [-0.2, 0) is 11.8 Å². The number of hydrogen-bond donors (Lipinski definition) is 3. The van der Waals surface area contributed by atoms with E-state index in [1.54, 1.807) is 0 Å². The SMILES string of the molecule is CC12CCC3C(C)(C)C(O)CCC3(C)C1Cc1cc(O)cc(O)c12. The molecule has 24 heavy (non-hydrogen) atoms. The van der Waals surface area contributed by atoms with Crippen LogP contribution in [0, 0.1) is 22.7 Å². The highest BCUT2D eigenvalue weighted by molar-refractivity contribution is 5.54. The molecule has 2 fully saturated rings. The number of rotatable bonds is 0. The van der Waals surface area contributed by atoms with E-state index in [1.807, 2.05) is 6.07 Å². The number of benzene rings is 1. The minimum absolute atomic E-state index is 0.0310. The summed E-state index contributed by atoms with van der Waals surface area (Å²) >= 11 is 0. The summed E-state index contributed by atoms with van der Waals surface area (Å²) in [6.45, 7) is 9.18. The molecule has 0 radical (unpaired) electrons. The summed E-state index contributed by atoms with van der Waals surface area (Å²) in [6, 6.07) is 3.34. The number of phenolic OH excluding ortho intramolecular Hbond substituents is 2. The van der Waals surface area contributed by atoms with E-state index in [0.29, 0.717) is 11.8 Å². The number of phenols is 2. The standard InChI is InChI=1S/C21H30O3/c1-19(2)15-5-7-21(4)16(20(15,3)8-6-17(19)24)10-12-9-13(22)11-14(23)18(12)21/h9,11,15-17,22-24H,5-8,10H2,1-4H3. The molecule has 0 amide bonds. The Balaban J connectivity index is 1.83. The fourth-order valence-electron chi connectivity index (χ4n) is 7.01. The van der Waals surface area contributed by atoms with Gasteiger partial charge in [0.25, 0.3) is 0 Å². The van der Waals surface area contributed by atoms with Crippen molar-refractivity contribution in [2.24, 2.45) is 22.7 Å². The van der Waals surface area contributed by atoms with Crippen LogP contribution in [0.25, 0.3) is 0 Å². The molecule has 0 bridgehead atoms. The molecule has 3 nitrogen and oxygen atoms in total. The number of aromatic hydroxyl groups is 2. The van der Waals surface area contributed by atoms with E-state index in [2.05, 4.69) is 27.7 Å². The second-order valence-corrected chi connectivity index (χ2v) is 9.65. The molecule has 132 valence electrons. The van der Waals surface area contributed by atoms with E-state index >= 15 is 0 Å². The molecule has 3 N–H and O–H groups in total. The molecule has 4 rings (SSSR count). The summed E-state index contributed by atoms with van der Waals surface area (Å²) < 4.78 is 0. The fourth-order valence-corrected chi connectivity index (χ4v) is 7.01. The largest absolute Gasteiger partial charge is 0.508 e. The normalized spacial score (nSPS) is 43.0. The van der Waals surface area contributed by atoms with Crippen LogP contribution in [0.15, 0.2) is 12.1 Å². The van der Waals surface area contributed by atoms with Gasteiger partial charge in [0.15, 0.2) is 0 Å². The van der Waals surface area contributed by atoms with Crippen LogP contribution in [0.2, 0.25) is 0 Å². The summed E-state index contributed by atoms with van der Waals surface area (Å²) in [7, 11) is 0. The third kappa shape index (κ3) is 1.82. The Kier molecular flexibility index (Phi) is 3.18. The Morgan fingerprint density at radius 1 is 0.958 bits per heavy atom. The second kappa shape index (κ2) is 4.69. The first kappa shape index (κ1) is 16.3. The van der Waals surface area contributed by atoms with Crippen LogP contribution in [0.1, 0.15) is 64.5 Å². The lowest BCUT2D eigenvalue weighted by Gasteiger charge is -2.62. The number of aliphatic hydroxyl groups excluding tert-OH is 1. The van der Waals surface area contributed by atoms with Crippen molar-refractivity contribution in [1.29, 1.82) is 0 Å². The van der Waals surface area contributed by atoms with Crippen molar-refractivity contribution in [3.63, 3.8) is 0 Å². The zero-order valence-electron chi connectivity index (χ0n) is 15.3. The molecule has 5 atom stereocenters. The Labute approximate surface area is 144 Å². The van der Waals surface area contributed by atoms with E-state index in [0.717, 1.165) is 43.2 Å². The zero-order valence-corrected chi connectivity index (χ0v) is 15.3. The van der Waals surface area contributed by atoms with Crippen LogP contribution >= 0.6 is 0 Å². The summed E-state index contributed by atoms with van der Waals surface area (Å²) in [6.07, 6.45) is 4.74. The van der Waals surface area contributed by atoms with Crippen molar-refractivity contribution >= 4 is 0 Å². The fraction of sp³-hybridized carbons (Fsp3) is 0.714. The van der Waals surface area contributed by atoms with Crippen molar-refractivity contribution in [2.75, 3.05) is 0 Å². The molecule has 0 saturated heterocycles. The predicted molar refractivity (Wildman–Crippen MR) is 94.2 cm³/mol. The Bertz CT molecular complexity index is 695. The minimum atomic E-state index is -0.221. The maximum Gasteiger partial charge on any atom is 0.123 e. The van der Waals surface area contributed by atoms with Gasteiger partial charge in [0.2, 0.25) is 0 Å². The summed E-state index contributed by atoms with van der Waals surface area (Å²) in [5, 5.41) is 31.0. The monoisotopic (exact) mass is 330 g/mol. The average molecular weight is 330 g/mol. The van der Waals surface area contributed by atoms with Crippen LogP contribution in [0.3, 0.4) is 0 Å². The molecule has 3 heteroatoms. The van der Waals surface area contributed by atoms with Gasteiger partial charge in [-0.15, -0.1) is 0 Å². The smallest absolute Gasteiger partial charge is 0.123 e. The summed E-state index contributed by atoms with van der Waals surface area (Å²) in [4.78, 5) is 0. The molecular formula is C21H30O3. The van der Waals surface area contributed by atoms with E-state index < -0.39 is 0 Å². The second-order valence-electron chi connectivity index (χ2n) is 9.65. The van der Waals surface area contributed by atoms with Crippen molar-refractivity contribution in [2.45, 2.75) is 71.3 Å². The van der Waals surface area contributed by atoms with Gasteiger partial charge in [-0.25, -0.2) is 0 Å². The third-order valence-electron chi connectivity index (χ3n) is 8.21. The highest BCUT2D eigenvalue weighted by atomic mass is 16.3. The molecule has 1 aromatic carbocycles. The maximum absolute atomic E-state index is 10.6. The van der Waals surface area contributed by atoms with Gasteiger partial charge in [0.05, 0.1) is 6.10 Å². The Morgan fingerprint density at radius 3 is 2.38 bits per heavy atom. The Hall–Kier alpha value is -1.22. The molecular weight excluding hydrogens is 300 g/mol. The molecule has 2 saturated carbocycles. The molecule has 1 aromatic rings. The molecule has 5 unspecified atom stereocenters. The van der Waals surface area contributed by atoms with E-state index in [9.17, 15) is 15.3 Å². The predicted octanol–water partition coefficient (Wildman–Crippen LogP) is 4.13. The highest BCUT2D eigenvalue weighted by Gasteiger charge is 2.63. The molecule has 0 aromatic heterocycles. The first-order valence-corrected chi connectivity index (χ1v) is 9.34. The number of aliphatic hydroxyl groups is 1. The minimum Gasteiger partial charge on any atom is -0.508 e. The van der Waals surface area contributed by atoms with Crippen LogP contribution in [0.4, 0.5) is 0 Å². The van der Waals surface area contributed by atoms with E-state index in [4.69, 9.17) is 0 Å². The van der Waals surface area contributed by atoms with Gasteiger partial charge in [0, 0.05) is 17.0 Å². The van der Waals surface area contributed by atoms with Gasteiger partial charge in [-0.05, 0) is 66.4 Å². The van der Waals surface area contributed by atoms with E-state index in [1.165, 1.54) is 6.07 Å². The summed E-state index contributed by atoms with van der Waals surface area (Å²) in [5.41, 5.74) is 2.25. The summed E-state index contributed by atoms with van der Waals surface area (Å²) in [5.74, 6) is 1.37. The van der Waals surface area contributed by atoms with Gasteiger partial charge >= 0.3 is 0 Å². The average Bonchev–Trinajstić information content (AvgIpc) is 2.77. The zero-order chi connectivity index (χ0) is 17.5. The molecule has 0 spiro atoms. The van der Waals surface area contributed by atoms with Crippen molar-refractivity contribution in [3.8, 4) is 11.5 Å². The number of fused-ring (bicyclic) bond motifs is 5. The highest BCUT2D eigenvalue weighted by Crippen LogP contribution is 2.68. The van der Waals surface area contributed by atoms with Gasteiger partial charge < -0.3 is 15.3 Å². The maximum atomic E-state index is 10.6. The van der Waals surface area contributed by atoms with E-state index in [-0.39, 0.29) is 33.8 Å². The van der Waals surface area contributed by atoms with Crippen molar-refractivity contribution in [3.05, 3.63) is 23.3 Å². The quantitative estimate of drug-likeness (QED) is 0.670. The molecule has 3 aliphatic carbocycles. The Morgan fingerprint density at radius 2 is 1.67 bits per heavy atom. The number of hydrogen-bond acceptors (Lipinski definition) is 3. The van der Waals surface area contributed by atoms with Gasteiger partial charge in [-0.1, -0.05) is 27.7 Å². The first-order chi connectivity index (χ1) is 11.1. The van der Waals surface area contributed by atoms with Crippen LogP contribution < -0.4 is 0 Å². The first-order valence-electron chi connectivity index (χ1n) is 9.34. The van der Waals surface area contributed by atoms with Gasteiger partial charge in [0.1, 0.15) is 11.5 Å². The van der Waals surface area contributed by atoms with Gasteiger partial charge in [-0.3, -0.25) is 0 Å². The molecule has 0 aliphatic heterocycles. The lowest BCUT2D eigenvalue weighted by atomic mass is 9.43. The van der Waals surface area contributed by atoms with Crippen LogP contribution in [0.5, 0.6) is 11.5 Å². The lowest BCUT2D eigenvalue weighted by molar-refractivity contribution is -0.151. The van der Waals surface area contributed by atoms with Crippen molar-refractivity contribution < 1.29 is 15.3 Å². The topological polar surface area (TPSA) is 60.7 Å². The van der Waals surface area contributed by atoms with Crippen molar-refractivity contribution in [1.82, 2.24) is 0 Å².